The van der Waals surface area contributed by atoms with Gasteiger partial charge in [-0.1, -0.05) is 45.9 Å². The van der Waals surface area contributed by atoms with Crippen LogP contribution in [0.25, 0.3) is 6.08 Å². The Morgan fingerprint density at radius 2 is 1.92 bits per heavy atom. The zero-order chi connectivity index (χ0) is 27.3. The third-order valence-corrected chi connectivity index (χ3v) is 6.60. The molecular formula is C27H36F3NO5. The molecule has 0 aromatic carbocycles. The van der Waals surface area contributed by atoms with Gasteiger partial charge in [0.15, 0.2) is 5.89 Å². The first-order valence-electron chi connectivity index (χ1n) is 12.1. The van der Waals surface area contributed by atoms with Crippen LogP contribution >= 0.6 is 0 Å². The van der Waals surface area contributed by atoms with Gasteiger partial charge in [0.2, 0.25) is 0 Å². The number of Topliss-reactive ketones (excluding diaryl/α,β-unsaturated/α-hetero) is 1. The van der Waals surface area contributed by atoms with Gasteiger partial charge in [-0.15, -0.1) is 0 Å². The van der Waals surface area contributed by atoms with Crippen LogP contribution in [0.5, 0.6) is 0 Å². The van der Waals surface area contributed by atoms with Crippen LogP contribution in [0.4, 0.5) is 13.2 Å². The molecule has 1 aromatic rings. The van der Waals surface area contributed by atoms with Gasteiger partial charge in [-0.3, -0.25) is 9.59 Å². The predicted molar refractivity (Wildman–Crippen MR) is 130 cm³/mol. The topological polar surface area (TPSA) is 89.6 Å². The Bertz CT molecular complexity index is 1020. The first kappa shape index (κ1) is 29.5. The number of aromatic nitrogens is 1. The average Bonchev–Trinajstić information content (AvgIpc) is 3.20. The number of ether oxygens (including phenoxy) is 1. The van der Waals surface area contributed by atoms with Crippen LogP contribution in [-0.2, 0) is 14.3 Å². The number of aryl methyl sites for hydroxylation is 1. The van der Waals surface area contributed by atoms with Gasteiger partial charge in [-0.05, 0) is 31.4 Å². The van der Waals surface area contributed by atoms with Crippen molar-refractivity contribution in [3.8, 4) is 0 Å². The van der Waals surface area contributed by atoms with Gasteiger partial charge >= 0.3 is 12.1 Å². The number of hydrogen-bond donors (Lipinski definition) is 1. The maximum absolute atomic E-state index is 13.7. The maximum atomic E-state index is 13.7. The normalized spacial score (nSPS) is 29.8. The summed E-state index contributed by atoms with van der Waals surface area (Å²) in [5, 5.41) is 10.6. The Hall–Kier alpha value is -2.68. The van der Waals surface area contributed by atoms with Gasteiger partial charge in [-0.25, -0.2) is 4.98 Å². The lowest BCUT2D eigenvalue weighted by Gasteiger charge is -2.30. The van der Waals surface area contributed by atoms with Crippen LogP contribution in [0, 0.1) is 24.2 Å². The minimum atomic E-state index is -4.58. The van der Waals surface area contributed by atoms with Crippen molar-refractivity contribution >= 4 is 17.8 Å². The number of allylic oxidation sites excluding steroid dienone is 2. The van der Waals surface area contributed by atoms with E-state index in [0.29, 0.717) is 17.2 Å². The number of oxazole rings is 1. The summed E-state index contributed by atoms with van der Waals surface area (Å²) in [4.78, 5) is 29.9. The molecule has 0 aliphatic carbocycles. The molecule has 1 aromatic heterocycles. The molecule has 0 fully saturated rings. The lowest BCUT2D eigenvalue weighted by molar-refractivity contribution is -0.148. The van der Waals surface area contributed by atoms with E-state index in [2.05, 4.69) is 4.98 Å². The lowest BCUT2D eigenvalue weighted by atomic mass is 9.75. The molecule has 0 spiro atoms. The fourth-order valence-corrected chi connectivity index (χ4v) is 4.17. The van der Waals surface area contributed by atoms with E-state index in [1.165, 1.54) is 18.4 Å². The molecule has 0 bridgehead atoms. The second-order valence-corrected chi connectivity index (χ2v) is 10.1. The van der Waals surface area contributed by atoms with E-state index in [1.807, 2.05) is 0 Å². The highest BCUT2D eigenvalue weighted by atomic mass is 19.4. The van der Waals surface area contributed by atoms with Gasteiger partial charge in [-0.2, -0.15) is 13.2 Å². The van der Waals surface area contributed by atoms with Gasteiger partial charge in [0.1, 0.15) is 23.8 Å². The Morgan fingerprint density at radius 3 is 2.50 bits per heavy atom. The van der Waals surface area contributed by atoms with E-state index in [4.69, 9.17) is 9.15 Å². The quantitative estimate of drug-likeness (QED) is 0.379. The van der Waals surface area contributed by atoms with Crippen molar-refractivity contribution in [1.82, 2.24) is 4.98 Å². The fraction of sp³-hybridized carbons (Fsp3) is 0.593. The first-order chi connectivity index (χ1) is 16.6. The number of aliphatic hydroxyl groups excluding tert-OH is 1. The van der Waals surface area contributed by atoms with Crippen molar-refractivity contribution in [2.45, 2.75) is 85.6 Å². The Balaban J connectivity index is 2.45. The Labute approximate surface area is 210 Å². The SMILES string of the molecule is C/C(=C\c1coc(C)n1)C1C/C=C(/C(F)(F)F)C/C=C/C(C)C(O)C(C)C(=O)C(C)(C)CCC(=O)O1. The monoisotopic (exact) mass is 511 g/mol. The third kappa shape index (κ3) is 8.18. The third-order valence-electron chi connectivity index (χ3n) is 6.60. The number of ketones is 1. The number of cyclic esters (lactones) is 1. The second-order valence-electron chi connectivity index (χ2n) is 10.1. The number of carbonyl (C=O) groups excluding carboxylic acids is 2. The summed E-state index contributed by atoms with van der Waals surface area (Å²) in [7, 11) is 0. The van der Waals surface area contributed by atoms with Crippen molar-refractivity contribution in [1.29, 1.82) is 0 Å². The summed E-state index contributed by atoms with van der Waals surface area (Å²) in [5.74, 6) is -1.71. The molecule has 2 heterocycles. The number of aliphatic hydroxyl groups is 1. The number of alkyl halides is 3. The molecule has 6 nitrogen and oxygen atoms in total. The largest absolute Gasteiger partial charge is 0.457 e. The molecule has 9 heteroatoms. The van der Waals surface area contributed by atoms with Crippen molar-refractivity contribution in [3.63, 3.8) is 0 Å². The first-order valence-corrected chi connectivity index (χ1v) is 12.1. The molecule has 36 heavy (non-hydrogen) atoms. The molecule has 1 aliphatic rings. The smallest absolute Gasteiger partial charge is 0.412 e. The highest BCUT2D eigenvalue weighted by Gasteiger charge is 2.37. The van der Waals surface area contributed by atoms with E-state index < -0.39 is 53.6 Å². The molecule has 4 atom stereocenters. The molecule has 0 radical (unpaired) electrons. The van der Waals surface area contributed by atoms with Crippen LogP contribution in [0.1, 0.15) is 71.9 Å². The van der Waals surface area contributed by atoms with Crippen molar-refractivity contribution < 1.29 is 37.0 Å². The molecule has 200 valence electrons. The van der Waals surface area contributed by atoms with E-state index in [1.54, 1.807) is 47.6 Å². The molecule has 0 saturated carbocycles. The van der Waals surface area contributed by atoms with Crippen LogP contribution in [0.15, 0.2) is 40.1 Å². The summed E-state index contributed by atoms with van der Waals surface area (Å²) < 4.78 is 51.9. The second kappa shape index (κ2) is 12.0. The van der Waals surface area contributed by atoms with Crippen LogP contribution < -0.4 is 0 Å². The van der Waals surface area contributed by atoms with Crippen molar-refractivity contribution in [2.24, 2.45) is 17.3 Å². The number of hydrogen-bond acceptors (Lipinski definition) is 6. The molecule has 0 saturated heterocycles. The molecule has 4 unspecified atom stereocenters. The fourth-order valence-electron chi connectivity index (χ4n) is 4.17. The van der Waals surface area contributed by atoms with Gasteiger partial charge in [0.25, 0.3) is 0 Å². The summed E-state index contributed by atoms with van der Waals surface area (Å²) in [6, 6.07) is 0. The summed E-state index contributed by atoms with van der Waals surface area (Å²) in [5.41, 5.74) is -0.720. The Kier molecular flexibility index (Phi) is 9.88. The van der Waals surface area contributed by atoms with Crippen molar-refractivity contribution in [2.75, 3.05) is 0 Å². The number of carbonyl (C=O) groups is 2. The molecule has 1 N–H and O–H groups in total. The Morgan fingerprint density at radius 1 is 1.25 bits per heavy atom. The summed E-state index contributed by atoms with van der Waals surface area (Å²) >= 11 is 0. The van der Waals surface area contributed by atoms with Gasteiger partial charge in [0.05, 0.1) is 6.10 Å². The minimum absolute atomic E-state index is 0.0975. The minimum Gasteiger partial charge on any atom is -0.457 e. The molecular weight excluding hydrogens is 475 g/mol. The molecule has 1 aliphatic heterocycles. The van der Waals surface area contributed by atoms with Crippen molar-refractivity contribution in [3.05, 3.63) is 47.2 Å². The summed E-state index contributed by atoms with van der Waals surface area (Å²) in [6.07, 6.45) is -0.234. The number of halogens is 3. The maximum Gasteiger partial charge on any atom is 0.412 e. The van der Waals surface area contributed by atoms with Gasteiger partial charge in [0, 0.05) is 42.6 Å². The highest BCUT2D eigenvalue weighted by molar-refractivity contribution is 5.87. The van der Waals surface area contributed by atoms with E-state index in [-0.39, 0.29) is 25.0 Å². The number of rotatable bonds is 2. The highest BCUT2D eigenvalue weighted by Crippen LogP contribution is 2.33. The van der Waals surface area contributed by atoms with E-state index in [0.717, 1.165) is 6.08 Å². The van der Waals surface area contributed by atoms with Crippen LogP contribution in [-0.4, -0.2) is 40.2 Å². The zero-order valence-electron chi connectivity index (χ0n) is 21.7. The number of esters is 1. The van der Waals surface area contributed by atoms with Gasteiger partial charge < -0.3 is 14.3 Å². The molecule has 2 rings (SSSR count). The van der Waals surface area contributed by atoms with E-state index in [9.17, 15) is 27.9 Å². The number of nitrogens with zero attached hydrogens (tertiary/aromatic N) is 1. The summed E-state index contributed by atoms with van der Waals surface area (Å²) in [6.45, 7) is 9.99. The van der Waals surface area contributed by atoms with Crippen LogP contribution in [0.3, 0.4) is 0 Å². The average molecular weight is 512 g/mol. The lowest BCUT2D eigenvalue weighted by Crippen LogP contribution is -2.38. The standard InChI is InChI=1S/C27H36F3NO5/c1-16-8-7-9-20(27(28,29)30)10-11-22(17(2)14-21-15-35-19(4)31-21)36-23(32)12-13-26(5,6)25(34)18(3)24(16)33/h7-8,10,14-16,18,22,24,33H,9,11-13H2,1-6H3/b8-7+,17-14+,20-10+. The van der Waals surface area contributed by atoms with Crippen LogP contribution in [0.2, 0.25) is 0 Å². The molecule has 0 amide bonds. The predicted octanol–water partition coefficient (Wildman–Crippen LogP) is 6.15. The van der Waals surface area contributed by atoms with E-state index >= 15 is 0 Å². The zero-order valence-corrected chi connectivity index (χ0v) is 21.7.